The lowest BCUT2D eigenvalue weighted by Crippen LogP contribution is -2.30. The Morgan fingerprint density at radius 2 is 1.58 bits per heavy atom. The number of hydrogen-bond acceptors (Lipinski definition) is 3. The molecule has 0 saturated carbocycles. The van der Waals surface area contributed by atoms with E-state index in [1.807, 2.05) is 54.6 Å². The van der Waals surface area contributed by atoms with Crippen molar-refractivity contribution in [1.29, 1.82) is 0 Å². The zero-order chi connectivity index (χ0) is 17.2. The summed E-state index contributed by atoms with van der Waals surface area (Å²) in [7, 11) is 0. The van der Waals surface area contributed by atoms with Gasteiger partial charge in [-0.05, 0) is 42.2 Å². The Kier molecular flexibility index (Phi) is 7.15. The van der Waals surface area contributed by atoms with Crippen molar-refractivity contribution < 1.29 is 14.3 Å². The standard InChI is InChI=1S/C20H25NO3/c1-16(2)12-13-21-20(22)15-24-19-10-8-18(9-11-19)23-14-17-6-4-3-5-7-17/h3-11,16H,12-15H2,1-2H3,(H,21,22). The Bertz CT molecular complexity index is 609. The molecule has 128 valence electrons. The quantitative estimate of drug-likeness (QED) is 0.762. The molecule has 0 bridgehead atoms. The molecule has 0 heterocycles. The molecule has 1 amide bonds. The van der Waals surface area contributed by atoms with E-state index >= 15 is 0 Å². The van der Waals surface area contributed by atoms with Crippen molar-refractivity contribution in [2.24, 2.45) is 5.92 Å². The second-order valence-electron chi connectivity index (χ2n) is 6.07. The van der Waals surface area contributed by atoms with Crippen LogP contribution in [0.2, 0.25) is 0 Å². The zero-order valence-electron chi connectivity index (χ0n) is 14.3. The molecule has 4 heteroatoms. The van der Waals surface area contributed by atoms with Crippen molar-refractivity contribution >= 4 is 5.91 Å². The summed E-state index contributed by atoms with van der Waals surface area (Å²) in [6, 6.07) is 17.3. The third kappa shape index (κ3) is 6.73. The van der Waals surface area contributed by atoms with Crippen LogP contribution in [0.1, 0.15) is 25.8 Å². The third-order valence-corrected chi connectivity index (χ3v) is 3.49. The van der Waals surface area contributed by atoms with Gasteiger partial charge in [0.05, 0.1) is 0 Å². The van der Waals surface area contributed by atoms with Gasteiger partial charge >= 0.3 is 0 Å². The van der Waals surface area contributed by atoms with E-state index in [1.165, 1.54) is 0 Å². The van der Waals surface area contributed by atoms with Gasteiger partial charge in [-0.25, -0.2) is 0 Å². The molecule has 0 fully saturated rings. The maximum Gasteiger partial charge on any atom is 0.257 e. The van der Waals surface area contributed by atoms with Gasteiger partial charge in [-0.15, -0.1) is 0 Å². The predicted octanol–water partition coefficient (Wildman–Crippen LogP) is 3.81. The maximum absolute atomic E-state index is 11.7. The van der Waals surface area contributed by atoms with Crippen LogP contribution in [0.25, 0.3) is 0 Å². The number of hydrogen-bond donors (Lipinski definition) is 1. The van der Waals surface area contributed by atoms with Crippen LogP contribution in [-0.2, 0) is 11.4 Å². The lowest BCUT2D eigenvalue weighted by atomic mass is 10.1. The Morgan fingerprint density at radius 3 is 2.21 bits per heavy atom. The molecular weight excluding hydrogens is 302 g/mol. The number of amides is 1. The fraction of sp³-hybridized carbons (Fsp3) is 0.350. The molecule has 0 saturated heterocycles. The summed E-state index contributed by atoms with van der Waals surface area (Å²) in [5.41, 5.74) is 1.12. The van der Waals surface area contributed by atoms with Gasteiger partial charge in [-0.1, -0.05) is 44.2 Å². The monoisotopic (exact) mass is 327 g/mol. The van der Waals surface area contributed by atoms with Crippen molar-refractivity contribution in [2.45, 2.75) is 26.9 Å². The van der Waals surface area contributed by atoms with Crippen molar-refractivity contribution in [1.82, 2.24) is 5.32 Å². The Hall–Kier alpha value is -2.49. The van der Waals surface area contributed by atoms with Gasteiger partial charge in [0.2, 0.25) is 0 Å². The van der Waals surface area contributed by atoms with Gasteiger partial charge in [0.1, 0.15) is 18.1 Å². The fourth-order valence-electron chi connectivity index (χ4n) is 2.07. The van der Waals surface area contributed by atoms with E-state index in [2.05, 4.69) is 19.2 Å². The average molecular weight is 327 g/mol. The second kappa shape index (κ2) is 9.60. The highest BCUT2D eigenvalue weighted by atomic mass is 16.5. The normalized spacial score (nSPS) is 10.5. The molecule has 24 heavy (non-hydrogen) atoms. The van der Waals surface area contributed by atoms with Gasteiger partial charge in [0.15, 0.2) is 6.61 Å². The molecule has 2 rings (SSSR count). The highest BCUT2D eigenvalue weighted by molar-refractivity contribution is 5.77. The lowest BCUT2D eigenvalue weighted by molar-refractivity contribution is -0.123. The minimum atomic E-state index is -0.0972. The van der Waals surface area contributed by atoms with Crippen molar-refractivity contribution in [3.8, 4) is 11.5 Å². The van der Waals surface area contributed by atoms with Gasteiger partial charge in [-0.2, -0.15) is 0 Å². The molecule has 2 aromatic rings. The highest BCUT2D eigenvalue weighted by Crippen LogP contribution is 2.18. The largest absolute Gasteiger partial charge is 0.489 e. The molecule has 0 aliphatic carbocycles. The van der Waals surface area contributed by atoms with Crippen molar-refractivity contribution in [3.63, 3.8) is 0 Å². The SMILES string of the molecule is CC(C)CCNC(=O)COc1ccc(OCc2ccccc2)cc1. The van der Waals surface area contributed by atoms with Gasteiger partial charge in [0.25, 0.3) is 5.91 Å². The number of rotatable bonds is 9. The first-order chi connectivity index (χ1) is 11.6. The first-order valence-electron chi connectivity index (χ1n) is 8.30. The number of carbonyl (C=O) groups excluding carboxylic acids is 1. The van der Waals surface area contributed by atoms with Crippen LogP contribution in [0.3, 0.4) is 0 Å². The molecule has 0 radical (unpaired) electrons. The summed E-state index contributed by atoms with van der Waals surface area (Å²) in [5.74, 6) is 1.91. The summed E-state index contributed by atoms with van der Waals surface area (Å²) in [6.07, 6.45) is 0.971. The third-order valence-electron chi connectivity index (χ3n) is 3.49. The second-order valence-corrected chi connectivity index (χ2v) is 6.07. The van der Waals surface area contributed by atoms with E-state index in [4.69, 9.17) is 9.47 Å². The number of ether oxygens (including phenoxy) is 2. The minimum absolute atomic E-state index is 0.0301. The van der Waals surface area contributed by atoms with E-state index in [9.17, 15) is 4.79 Å². The summed E-state index contributed by atoms with van der Waals surface area (Å²) >= 11 is 0. The zero-order valence-corrected chi connectivity index (χ0v) is 14.3. The van der Waals surface area contributed by atoms with Crippen LogP contribution < -0.4 is 14.8 Å². The van der Waals surface area contributed by atoms with Gasteiger partial charge in [-0.3, -0.25) is 4.79 Å². The van der Waals surface area contributed by atoms with E-state index in [0.717, 1.165) is 17.7 Å². The summed E-state index contributed by atoms with van der Waals surface area (Å²) in [4.78, 5) is 11.7. The minimum Gasteiger partial charge on any atom is -0.489 e. The molecule has 0 aliphatic rings. The predicted molar refractivity (Wildman–Crippen MR) is 95.2 cm³/mol. The van der Waals surface area contributed by atoms with Crippen LogP contribution in [0.5, 0.6) is 11.5 Å². The first-order valence-corrected chi connectivity index (χ1v) is 8.30. The van der Waals surface area contributed by atoms with Crippen molar-refractivity contribution in [3.05, 3.63) is 60.2 Å². The van der Waals surface area contributed by atoms with Gasteiger partial charge in [0, 0.05) is 6.54 Å². The average Bonchev–Trinajstić information content (AvgIpc) is 2.59. The highest BCUT2D eigenvalue weighted by Gasteiger charge is 2.03. The van der Waals surface area contributed by atoms with Crippen LogP contribution in [0.4, 0.5) is 0 Å². The summed E-state index contributed by atoms with van der Waals surface area (Å²) in [5, 5.41) is 2.85. The smallest absolute Gasteiger partial charge is 0.257 e. The van der Waals surface area contributed by atoms with E-state index < -0.39 is 0 Å². The lowest BCUT2D eigenvalue weighted by Gasteiger charge is -2.10. The molecule has 0 spiro atoms. The molecule has 1 N–H and O–H groups in total. The molecule has 0 atom stereocenters. The number of benzene rings is 2. The Labute approximate surface area is 143 Å². The summed E-state index contributed by atoms with van der Waals surface area (Å²) < 4.78 is 11.2. The maximum atomic E-state index is 11.7. The molecular formula is C20H25NO3. The first kappa shape index (κ1) is 17.9. The van der Waals surface area contributed by atoms with Crippen molar-refractivity contribution in [2.75, 3.05) is 13.2 Å². The number of carbonyl (C=O) groups is 1. The van der Waals surface area contributed by atoms with Crippen LogP contribution in [0, 0.1) is 5.92 Å². The number of nitrogens with one attached hydrogen (secondary N) is 1. The van der Waals surface area contributed by atoms with E-state index in [-0.39, 0.29) is 12.5 Å². The molecule has 2 aromatic carbocycles. The molecule has 0 aromatic heterocycles. The van der Waals surface area contributed by atoms with E-state index in [0.29, 0.717) is 24.8 Å². The molecule has 0 aliphatic heterocycles. The van der Waals surface area contributed by atoms with E-state index in [1.54, 1.807) is 0 Å². The van der Waals surface area contributed by atoms with Crippen LogP contribution in [-0.4, -0.2) is 19.1 Å². The summed E-state index contributed by atoms with van der Waals surface area (Å²) in [6.45, 7) is 5.50. The molecule has 0 unspecified atom stereocenters. The Morgan fingerprint density at radius 1 is 0.958 bits per heavy atom. The van der Waals surface area contributed by atoms with Crippen LogP contribution in [0.15, 0.2) is 54.6 Å². The Balaban J connectivity index is 1.70. The molecule has 4 nitrogen and oxygen atoms in total. The fourth-order valence-corrected chi connectivity index (χ4v) is 2.07. The topological polar surface area (TPSA) is 47.6 Å². The van der Waals surface area contributed by atoms with Crippen LogP contribution >= 0.6 is 0 Å². The van der Waals surface area contributed by atoms with Gasteiger partial charge < -0.3 is 14.8 Å².